The van der Waals surface area contributed by atoms with E-state index in [1.165, 1.54) is 18.2 Å². The summed E-state index contributed by atoms with van der Waals surface area (Å²) in [5.74, 6) is -6.46. The van der Waals surface area contributed by atoms with E-state index in [2.05, 4.69) is 4.74 Å². The number of thioether (sulfide) groups is 1. The number of nitriles is 1. The molecule has 0 atom stereocenters. The molecule has 2 nitrogen and oxygen atoms in total. The first-order valence-electron chi connectivity index (χ1n) is 8.97. The molecular weight excluding hydrogens is 459 g/mol. The minimum Gasteiger partial charge on any atom is -0.399 e. The average Bonchev–Trinajstić information content (AvgIpc) is 2.72. The van der Waals surface area contributed by atoms with Gasteiger partial charge in [0.2, 0.25) is 5.75 Å². The van der Waals surface area contributed by atoms with Crippen molar-refractivity contribution in [3.05, 3.63) is 71.3 Å². The van der Waals surface area contributed by atoms with Crippen molar-refractivity contribution in [3.63, 3.8) is 0 Å². The zero-order chi connectivity index (χ0) is 23.6. The van der Waals surface area contributed by atoms with Crippen molar-refractivity contribution >= 4 is 11.8 Å². The number of alkyl halides is 3. The highest BCUT2D eigenvalue weighted by atomic mass is 32.2. The Labute approximate surface area is 182 Å². The molecule has 0 spiro atoms. The van der Waals surface area contributed by atoms with Crippen LogP contribution in [0.2, 0.25) is 0 Å². The van der Waals surface area contributed by atoms with Crippen molar-refractivity contribution in [2.45, 2.75) is 24.6 Å². The van der Waals surface area contributed by atoms with E-state index in [-0.39, 0.29) is 16.7 Å². The Morgan fingerprint density at radius 1 is 0.844 bits per heavy atom. The van der Waals surface area contributed by atoms with Gasteiger partial charge >= 0.3 is 6.36 Å². The standard InChI is InChI=1S/C22H12F7NOS/c1-2-11-5-12(13-6-16(23)20(17(24)7-13)31-22(27,28)29)3-4-15(11)14-8-18(25)21(32-10-30)19(26)9-14/h3-9H,2H2,1H3. The van der Waals surface area contributed by atoms with E-state index in [0.29, 0.717) is 41.4 Å². The number of hydrogen-bond donors (Lipinski definition) is 0. The Kier molecular flexibility index (Phi) is 6.69. The molecule has 0 aromatic heterocycles. The molecule has 0 aliphatic heterocycles. The first-order valence-corrected chi connectivity index (χ1v) is 9.79. The van der Waals surface area contributed by atoms with Crippen molar-refractivity contribution < 1.29 is 35.5 Å². The van der Waals surface area contributed by atoms with Gasteiger partial charge in [0.25, 0.3) is 0 Å². The summed E-state index contributed by atoms with van der Waals surface area (Å²) in [6, 6.07) is 7.95. The van der Waals surface area contributed by atoms with Gasteiger partial charge in [0.15, 0.2) is 11.6 Å². The quantitative estimate of drug-likeness (QED) is 0.218. The minimum absolute atomic E-state index is 0.0473. The van der Waals surface area contributed by atoms with Crippen LogP contribution in [-0.2, 0) is 6.42 Å². The molecule has 3 aromatic carbocycles. The summed E-state index contributed by atoms with van der Waals surface area (Å²) in [5.41, 5.74) is 1.43. The van der Waals surface area contributed by atoms with Gasteiger partial charge in [0, 0.05) is 0 Å². The Morgan fingerprint density at radius 2 is 1.41 bits per heavy atom. The highest BCUT2D eigenvalue weighted by Gasteiger charge is 2.34. The summed E-state index contributed by atoms with van der Waals surface area (Å²) >= 11 is 0.353. The average molecular weight is 471 g/mol. The van der Waals surface area contributed by atoms with Crippen LogP contribution in [0.1, 0.15) is 12.5 Å². The van der Waals surface area contributed by atoms with Crippen molar-refractivity contribution in [3.8, 4) is 33.4 Å². The maximum absolute atomic E-state index is 14.2. The van der Waals surface area contributed by atoms with Crippen LogP contribution >= 0.6 is 11.8 Å². The Morgan fingerprint density at radius 3 is 1.91 bits per heavy atom. The van der Waals surface area contributed by atoms with Gasteiger partial charge in [-0.2, -0.15) is 5.26 Å². The minimum atomic E-state index is -5.26. The van der Waals surface area contributed by atoms with E-state index in [9.17, 15) is 30.7 Å². The summed E-state index contributed by atoms with van der Waals surface area (Å²) < 4.78 is 96.9. The van der Waals surface area contributed by atoms with Gasteiger partial charge in [0.1, 0.15) is 17.0 Å². The number of thiocyanates is 1. The van der Waals surface area contributed by atoms with Gasteiger partial charge in [-0.05, 0) is 70.3 Å². The van der Waals surface area contributed by atoms with Crippen molar-refractivity contribution in [2.24, 2.45) is 0 Å². The van der Waals surface area contributed by atoms with Gasteiger partial charge in [-0.15, -0.1) is 13.2 Å². The SMILES string of the molecule is CCc1cc(-c2cc(F)c(OC(F)(F)F)c(F)c2)ccc1-c1cc(F)c(SC#N)c(F)c1. The molecule has 0 aliphatic carbocycles. The maximum atomic E-state index is 14.2. The van der Waals surface area contributed by atoms with Crippen molar-refractivity contribution in [2.75, 3.05) is 0 Å². The van der Waals surface area contributed by atoms with Crippen LogP contribution in [0.15, 0.2) is 47.4 Å². The number of nitrogens with zero attached hydrogens (tertiary/aromatic N) is 1. The monoisotopic (exact) mass is 471 g/mol. The zero-order valence-corrected chi connectivity index (χ0v) is 17.0. The number of halogens is 7. The predicted molar refractivity (Wildman–Crippen MR) is 105 cm³/mol. The van der Waals surface area contributed by atoms with E-state index < -0.39 is 40.3 Å². The van der Waals surface area contributed by atoms with Crippen molar-refractivity contribution in [1.29, 1.82) is 5.26 Å². The molecule has 32 heavy (non-hydrogen) atoms. The van der Waals surface area contributed by atoms with Crippen LogP contribution in [0, 0.1) is 33.9 Å². The highest BCUT2D eigenvalue weighted by molar-refractivity contribution is 8.03. The number of aryl methyl sites for hydroxylation is 1. The number of benzene rings is 3. The second kappa shape index (κ2) is 9.12. The lowest BCUT2D eigenvalue weighted by atomic mass is 9.93. The molecule has 10 heteroatoms. The lowest BCUT2D eigenvalue weighted by Gasteiger charge is -2.14. The molecule has 0 fully saturated rings. The number of rotatable bonds is 5. The first-order chi connectivity index (χ1) is 15.0. The summed E-state index contributed by atoms with van der Waals surface area (Å²) in [4.78, 5) is -0.432. The van der Waals surface area contributed by atoms with E-state index in [0.717, 1.165) is 12.1 Å². The van der Waals surface area contributed by atoms with Crippen molar-refractivity contribution in [1.82, 2.24) is 0 Å². The summed E-state index contributed by atoms with van der Waals surface area (Å²) in [6.07, 6.45) is -4.88. The molecule has 0 unspecified atom stereocenters. The fourth-order valence-corrected chi connectivity index (χ4v) is 3.55. The molecule has 0 aliphatic rings. The summed E-state index contributed by atoms with van der Waals surface area (Å²) in [5, 5.41) is 10.3. The maximum Gasteiger partial charge on any atom is 0.573 e. The van der Waals surface area contributed by atoms with Gasteiger partial charge in [0.05, 0.1) is 4.90 Å². The molecule has 0 amide bonds. The van der Waals surface area contributed by atoms with Crippen LogP contribution in [0.5, 0.6) is 5.75 Å². The van der Waals surface area contributed by atoms with E-state index in [4.69, 9.17) is 5.26 Å². The van der Waals surface area contributed by atoms with Gasteiger partial charge in [-0.3, -0.25) is 0 Å². The van der Waals surface area contributed by atoms with Crippen LogP contribution < -0.4 is 4.74 Å². The third kappa shape index (κ3) is 4.99. The van der Waals surface area contributed by atoms with Crippen LogP contribution in [0.4, 0.5) is 30.7 Å². The lowest BCUT2D eigenvalue weighted by Crippen LogP contribution is -2.19. The Balaban J connectivity index is 2.04. The summed E-state index contributed by atoms with van der Waals surface area (Å²) in [6.45, 7) is 1.75. The Bertz CT molecular complexity index is 1170. The topological polar surface area (TPSA) is 33.0 Å². The molecule has 3 rings (SSSR count). The predicted octanol–water partition coefficient (Wildman–Crippen LogP) is 7.61. The third-order valence-corrected chi connectivity index (χ3v) is 5.18. The third-order valence-electron chi connectivity index (χ3n) is 4.49. The van der Waals surface area contributed by atoms with Crippen LogP contribution in [0.25, 0.3) is 22.3 Å². The molecule has 0 radical (unpaired) electrons. The Hall–Kier alpha value is -3.19. The normalized spacial score (nSPS) is 11.3. The largest absolute Gasteiger partial charge is 0.573 e. The molecule has 0 bridgehead atoms. The smallest absolute Gasteiger partial charge is 0.399 e. The van der Waals surface area contributed by atoms with Gasteiger partial charge < -0.3 is 4.74 Å². The van der Waals surface area contributed by atoms with Gasteiger partial charge in [-0.25, -0.2) is 17.6 Å². The number of hydrogen-bond acceptors (Lipinski definition) is 3. The highest BCUT2D eigenvalue weighted by Crippen LogP contribution is 2.36. The zero-order valence-electron chi connectivity index (χ0n) is 16.2. The first kappa shape index (κ1) is 23.5. The molecular formula is C22H12F7NOS. The van der Waals surface area contributed by atoms with E-state index in [1.54, 1.807) is 12.3 Å². The second-order valence-corrected chi connectivity index (χ2v) is 7.30. The van der Waals surface area contributed by atoms with Crippen LogP contribution in [0.3, 0.4) is 0 Å². The van der Waals surface area contributed by atoms with E-state index >= 15 is 0 Å². The number of ether oxygens (including phenoxy) is 1. The van der Waals surface area contributed by atoms with Crippen LogP contribution in [-0.4, -0.2) is 6.36 Å². The molecule has 0 heterocycles. The molecule has 166 valence electrons. The molecule has 3 aromatic rings. The van der Waals surface area contributed by atoms with E-state index in [1.807, 2.05) is 0 Å². The van der Waals surface area contributed by atoms with Gasteiger partial charge in [-0.1, -0.05) is 25.1 Å². The fraction of sp³-hybridized carbons (Fsp3) is 0.136. The molecule has 0 saturated carbocycles. The lowest BCUT2D eigenvalue weighted by molar-refractivity contribution is -0.276. The fourth-order valence-electron chi connectivity index (χ4n) is 3.15. The molecule has 0 saturated heterocycles. The summed E-state index contributed by atoms with van der Waals surface area (Å²) in [7, 11) is 0. The second-order valence-electron chi connectivity index (χ2n) is 6.50. The molecule has 0 N–H and O–H groups in total.